The Morgan fingerprint density at radius 3 is 2.70 bits per heavy atom. The van der Waals surface area contributed by atoms with Crippen LogP contribution in [-0.2, 0) is 16.3 Å². The number of rotatable bonds is 4. The Balaban J connectivity index is 2.34. The van der Waals surface area contributed by atoms with Crippen LogP contribution in [0.5, 0.6) is 0 Å². The van der Waals surface area contributed by atoms with Crippen LogP contribution in [0, 0.1) is 0 Å². The molecule has 1 aliphatic heterocycles. The summed E-state index contributed by atoms with van der Waals surface area (Å²) in [5, 5.41) is 10.6. The quantitative estimate of drug-likeness (QED) is 0.941. The van der Waals surface area contributed by atoms with Crippen LogP contribution in [0.3, 0.4) is 0 Å². The highest BCUT2D eigenvalue weighted by Gasteiger charge is 2.38. The van der Waals surface area contributed by atoms with Crippen molar-refractivity contribution in [1.82, 2.24) is 0 Å². The van der Waals surface area contributed by atoms with Crippen molar-refractivity contribution in [2.45, 2.75) is 36.3 Å². The first-order valence-electron chi connectivity index (χ1n) is 7.00. The summed E-state index contributed by atoms with van der Waals surface area (Å²) in [6, 6.07) is 9.35. The Morgan fingerprint density at radius 2 is 2.00 bits per heavy atom. The molecule has 1 atom stereocenters. The van der Waals surface area contributed by atoms with Gasteiger partial charge in [0.05, 0.1) is 10.1 Å². The molecule has 3 rings (SSSR count). The summed E-state index contributed by atoms with van der Waals surface area (Å²) in [4.78, 5) is 0.461. The molecule has 0 aliphatic carbocycles. The van der Waals surface area contributed by atoms with E-state index in [2.05, 4.69) is 0 Å². The topological polar surface area (TPSA) is 54.4 Å². The first-order valence-corrected chi connectivity index (χ1v) is 8.55. The maximum Gasteiger partial charge on any atom is 0.186 e. The second kappa shape index (κ2) is 4.86. The van der Waals surface area contributed by atoms with Crippen molar-refractivity contribution in [1.29, 1.82) is 0 Å². The van der Waals surface area contributed by atoms with Crippen molar-refractivity contribution in [3.05, 3.63) is 41.5 Å². The lowest BCUT2D eigenvalue weighted by Crippen LogP contribution is -2.07. The van der Waals surface area contributed by atoms with E-state index in [9.17, 15) is 8.42 Å². The number of sulfone groups is 1. The third-order valence-electron chi connectivity index (χ3n) is 4.08. The second-order valence-corrected chi connectivity index (χ2v) is 7.39. The monoisotopic (exact) mass is 290 g/mol. The summed E-state index contributed by atoms with van der Waals surface area (Å²) in [7, 11) is -3.25. The fraction of sp³-hybridized carbons (Fsp3) is 0.375. The normalized spacial score (nSPS) is 19.6. The van der Waals surface area contributed by atoms with E-state index >= 15 is 0 Å². The molecule has 2 aromatic rings. The van der Waals surface area contributed by atoms with Gasteiger partial charge in [-0.15, -0.1) is 0 Å². The van der Waals surface area contributed by atoms with Crippen LogP contribution in [-0.4, -0.2) is 20.1 Å². The lowest BCUT2D eigenvalue weighted by Gasteiger charge is -2.09. The molecule has 1 heterocycles. The lowest BCUT2D eigenvalue weighted by atomic mass is 9.96. The van der Waals surface area contributed by atoms with Gasteiger partial charge in [-0.25, -0.2) is 8.42 Å². The molecule has 20 heavy (non-hydrogen) atoms. The van der Waals surface area contributed by atoms with Gasteiger partial charge in [0.15, 0.2) is 9.84 Å². The van der Waals surface area contributed by atoms with E-state index in [4.69, 9.17) is 5.11 Å². The molecule has 4 heteroatoms. The minimum absolute atomic E-state index is 0.0732. The molecule has 0 radical (unpaired) electrons. The molecule has 1 unspecified atom stereocenters. The van der Waals surface area contributed by atoms with Crippen LogP contribution in [0.15, 0.2) is 35.2 Å². The highest BCUT2D eigenvalue weighted by molar-refractivity contribution is 7.92. The highest BCUT2D eigenvalue weighted by atomic mass is 32.2. The molecule has 0 fully saturated rings. The zero-order chi connectivity index (χ0) is 14.3. The molecular weight excluding hydrogens is 272 g/mol. The molecule has 1 N–H and O–H groups in total. The van der Waals surface area contributed by atoms with Crippen LogP contribution >= 0.6 is 0 Å². The summed E-state index contributed by atoms with van der Waals surface area (Å²) in [5.74, 6) is 0. The molecule has 106 valence electrons. The van der Waals surface area contributed by atoms with Crippen molar-refractivity contribution in [2.24, 2.45) is 0 Å². The number of hydrogen-bond acceptors (Lipinski definition) is 3. The standard InChI is InChI=1S/C16H18O3S/c1-2-4-14-13-6-3-5-12-11(9-10-17)7-8-15(16(12)13)20(14,18)19/h3,5-8,14,17H,2,4,9-10H2,1H3. The van der Waals surface area contributed by atoms with E-state index in [-0.39, 0.29) is 6.61 Å². The molecule has 2 aromatic carbocycles. The molecule has 1 aliphatic rings. The minimum atomic E-state index is -3.25. The highest BCUT2D eigenvalue weighted by Crippen LogP contribution is 2.46. The zero-order valence-corrected chi connectivity index (χ0v) is 12.3. The van der Waals surface area contributed by atoms with Gasteiger partial charge in [-0.05, 0) is 35.4 Å². The van der Waals surface area contributed by atoms with Crippen molar-refractivity contribution in [3.63, 3.8) is 0 Å². The van der Waals surface area contributed by atoms with E-state index in [0.717, 1.165) is 28.3 Å². The lowest BCUT2D eigenvalue weighted by molar-refractivity contribution is 0.300. The number of benzene rings is 2. The van der Waals surface area contributed by atoms with Crippen LogP contribution < -0.4 is 0 Å². The van der Waals surface area contributed by atoms with E-state index in [1.807, 2.05) is 31.2 Å². The van der Waals surface area contributed by atoms with E-state index < -0.39 is 15.1 Å². The van der Waals surface area contributed by atoms with Crippen LogP contribution in [0.25, 0.3) is 10.8 Å². The average molecular weight is 290 g/mol. The van der Waals surface area contributed by atoms with Crippen molar-refractivity contribution < 1.29 is 13.5 Å². The van der Waals surface area contributed by atoms with Gasteiger partial charge in [-0.1, -0.05) is 37.6 Å². The largest absolute Gasteiger partial charge is 0.396 e. The fourth-order valence-electron chi connectivity index (χ4n) is 3.20. The SMILES string of the molecule is CCCC1c2cccc3c(CCO)ccc(c23)S1(=O)=O. The zero-order valence-electron chi connectivity index (χ0n) is 11.5. The Kier molecular flexibility index (Phi) is 3.30. The van der Waals surface area contributed by atoms with E-state index in [1.54, 1.807) is 6.07 Å². The molecule has 0 amide bonds. The molecule has 0 aromatic heterocycles. The van der Waals surface area contributed by atoms with Gasteiger partial charge in [0, 0.05) is 12.0 Å². The third kappa shape index (κ3) is 1.79. The number of aliphatic hydroxyl groups excluding tert-OH is 1. The first-order chi connectivity index (χ1) is 9.61. The van der Waals surface area contributed by atoms with Crippen molar-refractivity contribution >= 4 is 20.6 Å². The second-order valence-electron chi connectivity index (χ2n) is 5.29. The maximum absolute atomic E-state index is 12.7. The Bertz CT molecular complexity index is 763. The van der Waals surface area contributed by atoms with Gasteiger partial charge >= 0.3 is 0 Å². The van der Waals surface area contributed by atoms with Gasteiger partial charge in [0.2, 0.25) is 0 Å². The summed E-state index contributed by atoms with van der Waals surface area (Å²) >= 11 is 0. The fourth-order valence-corrected chi connectivity index (χ4v) is 5.35. The minimum Gasteiger partial charge on any atom is -0.396 e. The van der Waals surface area contributed by atoms with Crippen molar-refractivity contribution in [3.8, 4) is 0 Å². The predicted octanol–water partition coefficient (Wildman–Crippen LogP) is 3.00. The average Bonchev–Trinajstić information content (AvgIpc) is 2.65. The molecule has 3 nitrogen and oxygen atoms in total. The number of aliphatic hydroxyl groups is 1. The van der Waals surface area contributed by atoms with Crippen LogP contribution in [0.2, 0.25) is 0 Å². The maximum atomic E-state index is 12.7. The summed E-state index contributed by atoms with van der Waals surface area (Å²) < 4.78 is 25.3. The summed E-state index contributed by atoms with van der Waals surface area (Å²) in [6.07, 6.45) is 2.06. The molecule has 0 bridgehead atoms. The van der Waals surface area contributed by atoms with Gasteiger partial charge < -0.3 is 5.11 Å². The van der Waals surface area contributed by atoms with Gasteiger partial charge in [-0.2, -0.15) is 0 Å². The van der Waals surface area contributed by atoms with Gasteiger partial charge in [-0.3, -0.25) is 0 Å². The Morgan fingerprint density at radius 1 is 1.20 bits per heavy atom. The summed E-state index contributed by atoms with van der Waals surface area (Å²) in [6.45, 7) is 2.08. The van der Waals surface area contributed by atoms with Crippen LogP contribution in [0.4, 0.5) is 0 Å². The van der Waals surface area contributed by atoms with Crippen molar-refractivity contribution in [2.75, 3.05) is 6.61 Å². The smallest absolute Gasteiger partial charge is 0.186 e. The molecule has 0 saturated carbocycles. The van der Waals surface area contributed by atoms with Crippen LogP contribution in [0.1, 0.15) is 36.1 Å². The third-order valence-corrected chi connectivity index (χ3v) is 6.28. The molecule has 0 saturated heterocycles. The van der Waals surface area contributed by atoms with Gasteiger partial charge in [0.1, 0.15) is 0 Å². The first kappa shape index (κ1) is 13.6. The van der Waals surface area contributed by atoms with Gasteiger partial charge in [0.25, 0.3) is 0 Å². The molecule has 0 spiro atoms. The Labute approximate surface area is 119 Å². The Hall–Kier alpha value is -1.39. The molecular formula is C16H18O3S. The van der Waals surface area contributed by atoms with E-state index in [0.29, 0.717) is 17.7 Å². The summed E-state index contributed by atoms with van der Waals surface area (Å²) in [5.41, 5.74) is 1.94. The predicted molar refractivity (Wildman–Crippen MR) is 79.6 cm³/mol. The number of hydrogen-bond donors (Lipinski definition) is 1. The van der Waals surface area contributed by atoms with E-state index in [1.165, 1.54) is 0 Å².